The largest absolute Gasteiger partial charge is 0.486 e. The van der Waals surface area contributed by atoms with E-state index < -0.39 is 0 Å². The smallest absolute Gasteiger partial charge is 0.290 e. The standard InChI is InChI=1S/C21H24N2O3S/c1-4-16(3)23(21(24)19-9-6-10-25-19)12-17-14-27-20(22-17)13-26-18-8-5-7-15(2)11-18/h5-11,14,16H,4,12-13H2,1-3H3/t16-/m1/s1. The number of aryl methyl sites for hydroxylation is 1. The number of ether oxygens (including phenoxy) is 1. The summed E-state index contributed by atoms with van der Waals surface area (Å²) in [6.45, 7) is 7.01. The van der Waals surface area contributed by atoms with Gasteiger partial charge in [0.15, 0.2) is 5.76 Å². The van der Waals surface area contributed by atoms with Gasteiger partial charge in [-0.25, -0.2) is 4.98 Å². The molecule has 0 bridgehead atoms. The van der Waals surface area contributed by atoms with E-state index in [-0.39, 0.29) is 11.9 Å². The fourth-order valence-electron chi connectivity index (χ4n) is 2.70. The molecule has 142 valence electrons. The molecule has 0 spiro atoms. The van der Waals surface area contributed by atoms with Crippen molar-refractivity contribution < 1.29 is 13.9 Å². The fraction of sp³-hybridized carbons (Fsp3) is 0.333. The third kappa shape index (κ3) is 4.98. The molecule has 0 aliphatic carbocycles. The predicted molar refractivity (Wildman–Crippen MR) is 106 cm³/mol. The molecule has 1 atom stereocenters. The zero-order chi connectivity index (χ0) is 19.2. The highest BCUT2D eigenvalue weighted by Gasteiger charge is 2.23. The van der Waals surface area contributed by atoms with Gasteiger partial charge in [-0.2, -0.15) is 0 Å². The van der Waals surface area contributed by atoms with Gasteiger partial charge in [0.25, 0.3) is 5.91 Å². The highest BCUT2D eigenvalue weighted by atomic mass is 32.1. The van der Waals surface area contributed by atoms with Crippen molar-refractivity contribution in [2.75, 3.05) is 0 Å². The van der Waals surface area contributed by atoms with Gasteiger partial charge >= 0.3 is 0 Å². The lowest BCUT2D eigenvalue weighted by molar-refractivity contribution is 0.0636. The molecule has 0 saturated carbocycles. The molecule has 3 aromatic rings. The maximum absolute atomic E-state index is 12.7. The number of furan rings is 1. The molecule has 1 amide bonds. The molecule has 0 radical (unpaired) electrons. The van der Waals surface area contributed by atoms with Gasteiger partial charge in [-0.15, -0.1) is 11.3 Å². The molecular formula is C21H24N2O3S. The summed E-state index contributed by atoms with van der Waals surface area (Å²) in [5, 5.41) is 2.88. The molecule has 0 fully saturated rings. The van der Waals surface area contributed by atoms with Crippen LogP contribution in [0.15, 0.2) is 52.5 Å². The Labute approximate surface area is 163 Å². The number of hydrogen-bond acceptors (Lipinski definition) is 5. The summed E-state index contributed by atoms with van der Waals surface area (Å²) in [4.78, 5) is 19.2. The van der Waals surface area contributed by atoms with E-state index in [1.807, 2.05) is 43.5 Å². The molecule has 27 heavy (non-hydrogen) atoms. The number of rotatable bonds is 8. The highest BCUT2D eigenvalue weighted by Crippen LogP contribution is 2.20. The van der Waals surface area contributed by atoms with E-state index >= 15 is 0 Å². The Balaban J connectivity index is 1.66. The van der Waals surface area contributed by atoms with E-state index in [2.05, 4.69) is 11.9 Å². The first kappa shape index (κ1) is 19.2. The lowest BCUT2D eigenvalue weighted by Gasteiger charge is -2.27. The van der Waals surface area contributed by atoms with Crippen LogP contribution < -0.4 is 4.74 Å². The van der Waals surface area contributed by atoms with Crippen molar-refractivity contribution >= 4 is 17.2 Å². The molecular weight excluding hydrogens is 360 g/mol. The second-order valence-corrected chi connectivity index (χ2v) is 7.45. The second kappa shape index (κ2) is 8.86. The predicted octanol–water partition coefficient (Wildman–Crippen LogP) is 5.06. The second-order valence-electron chi connectivity index (χ2n) is 6.51. The Morgan fingerprint density at radius 3 is 2.89 bits per heavy atom. The third-order valence-corrected chi connectivity index (χ3v) is 5.27. The van der Waals surface area contributed by atoms with Crippen molar-refractivity contribution in [1.29, 1.82) is 0 Å². The lowest BCUT2D eigenvalue weighted by atomic mass is 10.2. The molecule has 6 heteroatoms. The van der Waals surface area contributed by atoms with Crippen molar-refractivity contribution in [2.45, 2.75) is 46.4 Å². The van der Waals surface area contributed by atoms with Crippen LogP contribution in [0.3, 0.4) is 0 Å². The van der Waals surface area contributed by atoms with Crippen molar-refractivity contribution in [3.8, 4) is 5.75 Å². The molecule has 5 nitrogen and oxygen atoms in total. The minimum absolute atomic E-state index is 0.0938. The zero-order valence-corrected chi connectivity index (χ0v) is 16.7. The van der Waals surface area contributed by atoms with E-state index in [4.69, 9.17) is 9.15 Å². The van der Waals surface area contributed by atoms with Gasteiger partial charge in [-0.3, -0.25) is 4.79 Å². The number of benzene rings is 1. The Morgan fingerprint density at radius 2 is 2.19 bits per heavy atom. The van der Waals surface area contributed by atoms with Gasteiger partial charge < -0.3 is 14.1 Å². The first-order valence-electron chi connectivity index (χ1n) is 9.04. The van der Waals surface area contributed by atoms with Crippen LogP contribution >= 0.6 is 11.3 Å². The number of carbonyl (C=O) groups excluding carboxylic acids is 1. The molecule has 3 rings (SSSR count). The average molecular weight is 385 g/mol. The minimum Gasteiger partial charge on any atom is -0.486 e. The van der Waals surface area contributed by atoms with Crippen molar-refractivity contribution in [1.82, 2.24) is 9.88 Å². The zero-order valence-electron chi connectivity index (χ0n) is 15.8. The Morgan fingerprint density at radius 1 is 1.33 bits per heavy atom. The molecule has 0 unspecified atom stereocenters. The topological polar surface area (TPSA) is 55.6 Å². The number of carbonyl (C=O) groups is 1. The number of nitrogens with zero attached hydrogens (tertiary/aromatic N) is 2. The fourth-order valence-corrected chi connectivity index (χ4v) is 3.40. The average Bonchev–Trinajstić information content (AvgIpc) is 3.35. The van der Waals surface area contributed by atoms with Crippen molar-refractivity contribution in [2.24, 2.45) is 0 Å². The number of hydrogen-bond donors (Lipinski definition) is 0. The van der Waals surface area contributed by atoms with Crippen LogP contribution in [0.25, 0.3) is 0 Å². The molecule has 2 heterocycles. The summed E-state index contributed by atoms with van der Waals surface area (Å²) in [6, 6.07) is 11.5. The molecule has 2 aromatic heterocycles. The van der Waals surface area contributed by atoms with Gasteiger partial charge in [0.05, 0.1) is 18.5 Å². The number of amides is 1. The van der Waals surface area contributed by atoms with Gasteiger partial charge in [-0.1, -0.05) is 19.1 Å². The van der Waals surface area contributed by atoms with Crippen molar-refractivity contribution in [3.63, 3.8) is 0 Å². The first-order chi connectivity index (χ1) is 13.1. The lowest BCUT2D eigenvalue weighted by Crippen LogP contribution is -2.37. The van der Waals surface area contributed by atoms with Gasteiger partial charge in [0, 0.05) is 11.4 Å². The van der Waals surface area contributed by atoms with E-state index in [9.17, 15) is 4.79 Å². The quantitative estimate of drug-likeness (QED) is 0.544. The Bertz CT molecular complexity index is 873. The maximum atomic E-state index is 12.7. The van der Waals surface area contributed by atoms with Gasteiger partial charge in [-0.05, 0) is 50.1 Å². The molecule has 0 N–H and O–H groups in total. The van der Waals surface area contributed by atoms with Crippen LogP contribution in [0.1, 0.15) is 47.1 Å². The van der Waals surface area contributed by atoms with Crippen LogP contribution in [-0.2, 0) is 13.2 Å². The van der Waals surface area contributed by atoms with Crippen LogP contribution in [-0.4, -0.2) is 21.8 Å². The summed E-state index contributed by atoms with van der Waals surface area (Å²) in [7, 11) is 0. The Kier molecular flexibility index (Phi) is 6.29. The summed E-state index contributed by atoms with van der Waals surface area (Å²) < 4.78 is 11.1. The monoisotopic (exact) mass is 384 g/mol. The summed E-state index contributed by atoms with van der Waals surface area (Å²) in [6.07, 6.45) is 2.38. The molecule has 0 aliphatic heterocycles. The number of aromatic nitrogens is 1. The molecule has 0 saturated heterocycles. The van der Waals surface area contributed by atoms with Crippen LogP contribution in [0, 0.1) is 6.92 Å². The summed E-state index contributed by atoms with van der Waals surface area (Å²) in [5.74, 6) is 1.08. The van der Waals surface area contributed by atoms with E-state index in [0.29, 0.717) is 18.9 Å². The SMILES string of the molecule is CC[C@@H](C)N(Cc1csc(COc2cccc(C)c2)n1)C(=O)c1ccco1. The molecule has 1 aromatic carbocycles. The number of thiazole rings is 1. The van der Waals surface area contributed by atoms with Crippen LogP contribution in [0.4, 0.5) is 0 Å². The highest BCUT2D eigenvalue weighted by molar-refractivity contribution is 7.09. The van der Waals surface area contributed by atoms with E-state index in [1.165, 1.54) is 6.26 Å². The maximum Gasteiger partial charge on any atom is 0.290 e. The van der Waals surface area contributed by atoms with Crippen LogP contribution in [0.2, 0.25) is 0 Å². The third-order valence-electron chi connectivity index (χ3n) is 4.40. The van der Waals surface area contributed by atoms with E-state index in [0.717, 1.165) is 28.4 Å². The summed E-state index contributed by atoms with van der Waals surface area (Å²) in [5.41, 5.74) is 2.02. The molecule has 0 aliphatic rings. The van der Waals surface area contributed by atoms with Crippen LogP contribution in [0.5, 0.6) is 5.75 Å². The minimum atomic E-state index is -0.111. The van der Waals surface area contributed by atoms with Gasteiger partial charge in [0.1, 0.15) is 17.4 Å². The normalized spacial score (nSPS) is 12.0. The van der Waals surface area contributed by atoms with Gasteiger partial charge in [0.2, 0.25) is 0 Å². The van der Waals surface area contributed by atoms with Crippen molar-refractivity contribution in [3.05, 3.63) is 70.1 Å². The Hall–Kier alpha value is -2.60. The first-order valence-corrected chi connectivity index (χ1v) is 9.92. The summed E-state index contributed by atoms with van der Waals surface area (Å²) >= 11 is 1.55. The van der Waals surface area contributed by atoms with E-state index in [1.54, 1.807) is 28.4 Å².